The average molecular weight is 332 g/mol. The number of aromatic nitrogens is 2. The summed E-state index contributed by atoms with van der Waals surface area (Å²) in [6.07, 6.45) is 1.47. The molecular formula is C19H16N4O2. The maximum Gasteiger partial charge on any atom is 0.251 e. The third kappa shape index (κ3) is 4.52. The molecule has 0 atom stereocenters. The van der Waals surface area contributed by atoms with E-state index in [4.69, 9.17) is 9.78 Å². The van der Waals surface area contributed by atoms with Crippen LogP contribution in [0.4, 0.5) is 0 Å². The lowest BCUT2D eigenvalue weighted by Gasteiger charge is -2.02. The Morgan fingerprint density at radius 1 is 1.08 bits per heavy atom. The van der Waals surface area contributed by atoms with Gasteiger partial charge in [-0.2, -0.15) is 10.2 Å². The maximum atomic E-state index is 12.1. The molecule has 3 aromatic rings. The van der Waals surface area contributed by atoms with Gasteiger partial charge in [0.05, 0.1) is 18.2 Å². The monoisotopic (exact) mass is 332 g/mol. The summed E-state index contributed by atoms with van der Waals surface area (Å²) in [5.74, 6) is 0.733. The number of amides is 1. The summed E-state index contributed by atoms with van der Waals surface area (Å²) in [5.41, 5.74) is 2.20. The van der Waals surface area contributed by atoms with Gasteiger partial charge in [0.2, 0.25) is 5.89 Å². The zero-order valence-corrected chi connectivity index (χ0v) is 13.5. The Hall–Kier alpha value is -3.46. The van der Waals surface area contributed by atoms with E-state index in [9.17, 15) is 4.79 Å². The zero-order valence-electron chi connectivity index (χ0n) is 13.5. The van der Waals surface area contributed by atoms with Crippen LogP contribution in [0.15, 0.2) is 59.1 Å². The summed E-state index contributed by atoms with van der Waals surface area (Å²) in [7, 11) is 0. The highest BCUT2D eigenvalue weighted by atomic mass is 16.5. The second kappa shape index (κ2) is 7.88. The number of hydrogen-bond acceptors (Lipinski definition) is 5. The first-order valence-electron chi connectivity index (χ1n) is 7.88. The number of carbonyl (C=O) groups excluding carboxylic acids is 1. The first-order valence-corrected chi connectivity index (χ1v) is 7.88. The molecule has 1 N–H and O–H groups in total. The Balaban J connectivity index is 1.51. The van der Waals surface area contributed by atoms with Crippen molar-refractivity contribution in [2.24, 2.45) is 0 Å². The first kappa shape index (κ1) is 16.4. The molecule has 0 aliphatic carbocycles. The van der Waals surface area contributed by atoms with E-state index in [2.05, 4.69) is 27.6 Å². The molecule has 0 fully saturated rings. The molecule has 25 heavy (non-hydrogen) atoms. The second-order valence-corrected chi connectivity index (χ2v) is 5.46. The maximum absolute atomic E-state index is 12.1. The zero-order chi connectivity index (χ0) is 17.5. The molecule has 3 rings (SSSR count). The van der Waals surface area contributed by atoms with E-state index in [1.807, 2.05) is 24.3 Å². The average Bonchev–Trinajstić information content (AvgIpc) is 3.13. The van der Waals surface area contributed by atoms with Crippen molar-refractivity contribution >= 4 is 5.91 Å². The normalized spacial score (nSPS) is 10.2. The van der Waals surface area contributed by atoms with Crippen LogP contribution >= 0.6 is 0 Å². The molecule has 1 heterocycles. The van der Waals surface area contributed by atoms with Crippen LogP contribution in [0.25, 0.3) is 0 Å². The van der Waals surface area contributed by atoms with Crippen molar-refractivity contribution in [2.45, 2.75) is 19.4 Å². The summed E-state index contributed by atoms with van der Waals surface area (Å²) < 4.78 is 5.21. The van der Waals surface area contributed by atoms with Gasteiger partial charge in [-0.1, -0.05) is 35.5 Å². The van der Waals surface area contributed by atoms with Gasteiger partial charge < -0.3 is 9.84 Å². The molecule has 0 aliphatic heterocycles. The summed E-state index contributed by atoms with van der Waals surface area (Å²) in [6, 6.07) is 18.5. The second-order valence-electron chi connectivity index (χ2n) is 5.46. The van der Waals surface area contributed by atoms with Crippen molar-refractivity contribution in [3.63, 3.8) is 0 Å². The van der Waals surface area contributed by atoms with Crippen LogP contribution in [0.1, 0.15) is 33.2 Å². The highest BCUT2D eigenvalue weighted by Crippen LogP contribution is 2.07. The number of nitrogens with one attached hydrogen (secondary N) is 1. The first-order chi connectivity index (χ1) is 12.2. The van der Waals surface area contributed by atoms with Crippen molar-refractivity contribution < 1.29 is 9.32 Å². The van der Waals surface area contributed by atoms with E-state index in [0.29, 0.717) is 29.3 Å². The van der Waals surface area contributed by atoms with Gasteiger partial charge >= 0.3 is 0 Å². The van der Waals surface area contributed by atoms with E-state index >= 15 is 0 Å². The standard InChI is InChI=1S/C19H16N4O2/c20-12-15-6-9-16(10-7-15)19(24)21-13-17-22-18(25-23-17)11-8-14-4-2-1-3-5-14/h1-7,9-10H,8,11,13H2,(H,21,24). The number of hydrogen-bond donors (Lipinski definition) is 1. The van der Waals surface area contributed by atoms with Crippen LogP contribution in [-0.4, -0.2) is 16.0 Å². The molecule has 0 saturated carbocycles. The molecule has 1 aromatic heterocycles. The Morgan fingerprint density at radius 2 is 1.84 bits per heavy atom. The molecule has 6 nitrogen and oxygen atoms in total. The van der Waals surface area contributed by atoms with Gasteiger partial charge in [-0.25, -0.2) is 0 Å². The van der Waals surface area contributed by atoms with Crippen LogP contribution in [0.5, 0.6) is 0 Å². The van der Waals surface area contributed by atoms with Crippen LogP contribution in [0.3, 0.4) is 0 Å². The predicted octanol–water partition coefficient (Wildman–Crippen LogP) is 2.66. The largest absolute Gasteiger partial charge is 0.345 e. The molecule has 124 valence electrons. The lowest BCUT2D eigenvalue weighted by atomic mass is 10.1. The van der Waals surface area contributed by atoms with E-state index < -0.39 is 0 Å². The quantitative estimate of drug-likeness (QED) is 0.749. The number of aryl methyl sites for hydroxylation is 2. The van der Waals surface area contributed by atoms with Gasteiger partial charge in [-0.05, 0) is 36.2 Å². The highest BCUT2D eigenvalue weighted by molar-refractivity contribution is 5.94. The summed E-state index contributed by atoms with van der Waals surface area (Å²) in [4.78, 5) is 16.3. The third-order valence-electron chi connectivity index (χ3n) is 3.66. The van der Waals surface area contributed by atoms with E-state index in [1.165, 1.54) is 5.56 Å². The highest BCUT2D eigenvalue weighted by Gasteiger charge is 2.10. The fraction of sp³-hybridized carbons (Fsp3) is 0.158. The van der Waals surface area contributed by atoms with Gasteiger partial charge in [0.1, 0.15) is 0 Å². The van der Waals surface area contributed by atoms with Gasteiger partial charge in [0.15, 0.2) is 5.82 Å². The fourth-order valence-corrected chi connectivity index (χ4v) is 2.32. The van der Waals surface area contributed by atoms with Crippen molar-refractivity contribution in [2.75, 3.05) is 0 Å². The van der Waals surface area contributed by atoms with Crippen molar-refractivity contribution in [1.29, 1.82) is 5.26 Å². The Bertz CT molecular complexity index is 880. The SMILES string of the molecule is N#Cc1ccc(C(=O)NCc2noc(CCc3ccccc3)n2)cc1. The predicted molar refractivity (Wildman–Crippen MR) is 90.5 cm³/mol. The number of nitriles is 1. The lowest BCUT2D eigenvalue weighted by molar-refractivity contribution is 0.0949. The van der Waals surface area contributed by atoms with Crippen molar-refractivity contribution in [3.05, 3.63) is 83.0 Å². The number of rotatable bonds is 6. The Morgan fingerprint density at radius 3 is 2.56 bits per heavy atom. The molecule has 1 amide bonds. The lowest BCUT2D eigenvalue weighted by Crippen LogP contribution is -2.23. The number of benzene rings is 2. The van der Waals surface area contributed by atoms with Crippen LogP contribution in [-0.2, 0) is 19.4 Å². The number of carbonyl (C=O) groups is 1. The molecule has 0 saturated heterocycles. The third-order valence-corrected chi connectivity index (χ3v) is 3.66. The molecule has 2 aromatic carbocycles. The summed E-state index contributed by atoms with van der Waals surface area (Å²) >= 11 is 0. The van der Waals surface area contributed by atoms with Gasteiger partial charge in [0, 0.05) is 12.0 Å². The van der Waals surface area contributed by atoms with E-state index in [-0.39, 0.29) is 12.5 Å². The van der Waals surface area contributed by atoms with Crippen LogP contribution in [0, 0.1) is 11.3 Å². The Kier molecular flexibility index (Phi) is 5.17. The van der Waals surface area contributed by atoms with Crippen LogP contribution < -0.4 is 5.32 Å². The number of nitrogens with zero attached hydrogens (tertiary/aromatic N) is 3. The minimum Gasteiger partial charge on any atom is -0.345 e. The Labute approximate surface area is 145 Å². The fourth-order valence-electron chi connectivity index (χ4n) is 2.32. The molecular weight excluding hydrogens is 316 g/mol. The molecule has 0 bridgehead atoms. The minimum atomic E-state index is -0.250. The molecule has 0 aliphatic rings. The smallest absolute Gasteiger partial charge is 0.251 e. The van der Waals surface area contributed by atoms with E-state index in [0.717, 1.165) is 6.42 Å². The van der Waals surface area contributed by atoms with Gasteiger partial charge in [-0.15, -0.1) is 0 Å². The van der Waals surface area contributed by atoms with Crippen molar-refractivity contribution in [1.82, 2.24) is 15.5 Å². The summed E-state index contributed by atoms with van der Waals surface area (Å²) in [6.45, 7) is 0.188. The topological polar surface area (TPSA) is 91.8 Å². The molecule has 0 radical (unpaired) electrons. The van der Waals surface area contributed by atoms with Gasteiger partial charge in [0.25, 0.3) is 5.91 Å². The van der Waals surface area contributed by atoms with Crippen molar-refractivity contribution in [3.8, 4) is 6.07 Å². The summed E-state index contributed by atoms with van der Waals surface area (Å²) in [5, 5.41) is 15.4. The van der Waals surface area contributed by atoms with Gasteiger partial charge in [-0.3, -0.25) is 4.79 Å². The minimum absolute atomic E-state index is 0.188. The molecule has 0 unspecified atom stereocenters. The molecule has 0 spiro atoms. The van der Waals surface area contributed by atoms with E-state index in [1.54, 1.807) is 24.3 Å². The molecule has 6 heteroatoms. The van der Waals surface area contributed by atoms with Crippen LogP contribution in [0.2, 0.25) is 0 Å².